The Morgan fingerprint density at radius 2 is 1.79 bits per heavy atom. The number of aromatic nitrogens is 4. The lowest BCUT2D eigenvalue weighted by Gasteiger charge is -2.35. The van der Waals surface area contributed by atoms with Crippen LogP contribution in [0.3, 0.4) is 0 Å². The van der Waals surface area contributed by atoms with E-state index in [0.29, 0.717) is 17.7 Å². The summed E-state index contributed by atoms with van der Waals surface area (Å²) < 4.78 is 65.9. The first-order chi connectivity index (χ1) is 18.1. The predicted octanol–water partition coefficient (Wildman–Crippen LogP) is 3.79. The van der Waals surface area contributed by atoms with Gasteiger partial charge in [0.2, 0.25) is 10.0 Å². The molecule has 1 aromatic carbocycles. The molecule has 1 saturated heterocycles. The molecule has 3 aromatic heterocycles. The number of anilines is 1. The summed E-state index contributed by atoms with van der Waals surface area (Å²) in [6.07, 6.45) is 0.353. The SMILES string of the molecule is O=S(=O)(c1ccc(-c2ccnc(-c3ncc[nH]3)c2)cc1)N1CC[C@@H](Nc2ccc(C(F)(F)F)cn2)[C@@H](O)C1. The molecule has 5 rings (SSSR count). The number of sulfonamides is 1. The minimum atomic E-state index is -4.50. The van der Waals surface area contributed by atoms with Gasteiger partial charge in [0.05, 0.1) is 22.6 Å². The number of rotatable bonds is 6. The molecule has 0 spiro atoms. The van der Waals surface area contributed by atoms with E-state index in [1.54, 1.807) is 30.7 Å². The van der Waals surface area contributed by atoms with E-state index in [9.17, 15) is 26.7 Å². The average molecular weight is 545 g/mol. The topological polar surface area (TPSA) is 124 Å². The Bertz CT molecular complexity index is 1490. The van der Waals surface area contributed by atoms with Crippen LogP contribution in [0.1, 0.15) is 12.0 Å². The Labute approximate surface area is 216 Å². The van der Waals surface area contributed by atoms with Gasteiger partial charge in [-0.3, -0.25) is 4.98 Å². The number of nitrogens with zero attached hydrogens (tertiary/aromatic N) is 4. The summed E-state index contributed by atoms with van der Waals surface area (Å²) in [4.78, 5) is 15.3. The number of H-pyrrole nitrogens is 1. The van der Waals surface area contributed by atoms with E-state index >= 15 is 0 Å². The maximum atomic E-state index is 13.2. The van der Waals surface area contributed by atoms with Crippen LogP contribution in [0.2, 0.25) is 0 Å². The fourth-order valence-electron chi connectivity index (χ4n) is 4.24. The quantitative estimate of drug-likeness (QED) is 0.337. The molecular weight excluding hydrogens is 521 g/mol. The van der Waals surface area contributed by atoms with E-state index in [4.69, 9.17) is 0 Å². The van der Waals surface area contributed by atoms with E-state index in [2.05, 4.69) is 25.3 Å². The largest absolute Gasteiger partial charge is 0.417 e. The van der Waals surface area contributed by atoms with Crippen LogP contribution in [0.25, 0.3) is 22.6 Å². The fourth-order valence-corrected chi connectivity index (χ4v) is 5.71. The Kier molecular flexibility index (Phi) is 6.90. The van der Waals surface area contributed by atoms with Crippen molar-refractivity contribution in [2.24, 2.45) is 0 Å². The monoisotopic (exact) mass is 544 g/mol. The van der Waals surface area contributed by atoms with Gasteiger partial charge in [0.1, 0.15) is 11.5 Å². The van der Waals surface area contributed by atoms with Gasteiger partial charge in [0.15, 0.2) is 5.82 Å². The summed E-state index contributed by atoms with van der Waals surface area (Å²) >= 11 is 0. The smallest absolute Gasteiger partial charge is 0.390 e. The van der Waals surface area contributed by atoms with E-state index in [-0.39, 0.29) is 30.2 Å². The van der Waals surface area contributed by atoms with Gasteiger partial charge in [0.25, 0.3) is 0 Å². The Balaban J connectivity index is 1.25. The third-order valence-corrected chi connectivity index (χ3v) is 8.17. The number of aliphatic hydroxyl groups excluding tert-OH is 1. The number of alkyl halides is 3. The van der Waals surface area contributed by atoms with E-state index in [1.165, 1.54) is 22.5 Å². The lowest BCUT2D eigenvalue weighted by Crippen LogP contribution is -2.51. The molecule has 4 aromatic rings. The van der Waals surface area contributed by atoms with Gasteiger partial charge >= 0.3 is 6.18 Å². The van der Waals surface area contributed by atoms with Gasteiger partial charge in [-0.15, -0.1) is 0 Å². The second-order valence-electron chi connectivity index (χ2n) is 8.79. The van der Waals surface area contributed by atoms with Gasteiger partial charge < -0.3 is 15.4 Å². The van der Waals surface area contributed by atoms with Gasteiger partial charge in [-0.05, 0) is 53.9 Å². The maximum Gasteiger partial charge on any atom is 0.417 e. The molecule has 0 saturated carbocycles. The zero-order valence-corrected chi connectivity index (χ0v) is 20.6. The van der Waals surface area contributed by atoms with Gasteiger partial charge in [-0.1, -0.05) is 12.1 Å². The van der Waals surface area contributed by atoms with Gasteiger partial charge in [0, 0.05) is 37.9 Å². The number of piperidine rings is 1. The number of aliphatic hydroxyl groups is 1. The van der Waals surface area contributed by atoms with Crippen molar-refractivity contribution in [2.45, 2.75) is 29.6 Å². The van der Waals surface area contributed by atoms with Crippen LogP contribution in [0.5, 0.6) is 0 Å². The molecule has 0 bridgehead atoms. The zero-order chi connectivity index (χ0) is 26.9. The number of benzene rings is 1. The number of imidazole rings is 1. The molecule has 1 aliphatic rings. The van der Waals surface area contributed by atoms with Crippen LogP contribution >= 0.6 is 0 Å². The molecule has 0 aliphatic carbocycles. The minimum Gasteiger partial charge on any atom is -0.390 e. The molecule has 0 unspecified atom stereocenters. The molecule has 2 atom stereocenters. The first kappa shape index (κ1) is 25.8. The maximum absolute atomic E-state index is 13.2. The van der Waals surface area contributed by atoms with Crippen molar-refractivity contribution in [1.82, 2.24) is 24.2 Å². The fraction of sp³-hybridized carbons (Fsp3) is 0.240. The summed E-state index contributed by atoms with van der Waals surface area (Å²) in [6, 6.07) is 11.6. The number of nitrogens with one attached hydrogen (secondary N) is 2. The molecule has 0 amide bonds. The lowest BCUT2D eigenvalue weighted by atomic mass is 10.0. The summed E-state index contributed by atoms with van der Waals surface area (Å²) in [7, 11) is -3.88. The second kappa shape index (κ2) is 10.2. The van der Waals surface area contributed by atoms with Gasteiger partial charge in [-0.2, -0.15) is 17.5 Å². The molecule has 4 heterocycles. The van der Waals surface area contributed by atoms with E-state index in [1.807, 2.05) is 12.1 Å². The zero-order valence-electron chi connectivity index (χ0n) is 19.8. The van der Waals surface area contributed by atoms with E-state index < -0.39 is 33.9 Å². The second-order valence-corrected chi connectivity index (χ2v) is 10.7. The van der Waals surface area contributed by atoms with Crippen molar-refractivity contribution in [1.29, 1.82) is 0 Å². The number of halogens is 3. The third kappa shape index (κ3) is 5.39. The first-order valence-corrected chi connectivity index (χ1v) is 13.1. The highest BCUT2D eigenvalue weighted by atomic mass is 32.2. The summed E-state index contributed by atoms with van der Waals surface area (Å²) in [5, 5.41) is 13.5. The molecular formula is C25H23F3N6O3S. The number of aromatic amines is 1. The average Bonchev–Trinajstić information content (AvgIpc) is 3.45. The molecule has 198 valence electrons. The highest BCUT2D eigenvalue weighted by Gasteiger charge is 2.35. The highest BCUT2D eigenvalue weighted by molar-refractivity contribution is 7.89. The molecule has 9 nitrogen and oxygen atoms in total. The van der Waals surface area contributed by atoms with Crippen LogP contribution in [0.4, 0.5) is 19.0 Å². The third-order valence-electron chi connectivity index (χ3n) is 6.29. The summed E-state index contributed by atoms with van der Waals surface area (Å²) in [6.45, 7) is -0.0461. The summed E-state index contributed by atoms with van der Waals surface area (Å²) in [5.74, 6) is 0.789. The molecule has 0 radical (unpaired) electrons. The normalized spacial score (nSPS) is 18.8. The predicted molar refractivity (Wildman–Crippen MR) is 133 cm³/mol. The summed E-state index contributed by atoms with van der Waals surface area (Å²) in [5.41, 5.74) is 1.42. The van der Waals surface area contributed by atoms with Crippen LogP contribution in [-0.2, 0) is 16.2 Å². The van der Waals surface area contributed by atoms with Crippen LogP contribution in [-0.4, -0.2) is 63.0 Å². The standard InChI is InChI=1S/C25H23F3N6O3S/c26-25(27,28)18-3-6-23(32-14-18)33-20-8-12-34(15-22(20)35)38(36,37)19-4-1-16(2-5-19)17-7-9-29-21(13-17)24-30-10-11-31-24/h1-7,9-11,13-14,20,22,35H,8,12,15H2,(H,30,31)(H,32,33)/t20-,22+/m1/s1. The number of hydrogen-bond donors (Lipinski definition) is 3. The van der Waals surface area contributed by atoms with E-state index in [0.717, 1.165) is 17.2 Å². The Morgan fingerprint density at radius 3 is 2.42 bits per heavy atom. The van der Waals surface area contributed by atoms with Crippen molar-refractivity contribution in [3.05, 3.63) is 78.9 Å². The van der Waals surface area contributed by atoms with Crippen LogP contribution < -0.4 is 5.32 Å². The molecule has 38 heavy (non-hydrogen) atoms. The first-order valence-electron chi connectivity index (χ1n) is 11.7. The molecule has 3 N–H and O–H groups in total. The van der Waals surface area contributed by atoms with Crippen molar-refractivity contribution in [2.75, 3.05) is 18.4 Å². The van der Waals surface area contributed by atoms with Crippen molar-refractivity contribution in [3.8, 4) is 22.6 Å². The minimum absolute atomic E-state index is 0.0876. The Morgan fingerprint density at radius 1 is 1.00 bits per heavy atom. The molecule has 1 fully saturated rings. The van der Waals surface area contributed by atoms with Gasteiger partial charge in [-0.25, -0.2) is 18.4 Å². The van der Waals surface area contributed by atoms with Crippen molar-refractivity contribution >= 4 is 15.8 Å². The highest BCUT2D eigenvalue weighted by Crippen LogP contribution is 2.30. The number of β-amino-alcohol motifs (C(OH)–C–C–N with tert-alkyl or cyclic N) is 1. The number of pyridine rings is 2. The molecule has 1 aliphatic heterocycles. The number of hydrogen-bond acceptors (Lipinski definition) is 7. The van der Waals surface area contributed by atoms with Crippen molar-refractivity contribution < 1.29 is 26.7 Å². The molecule has 13 heteroatoms. The van der Waals surface area contributed by atoms with Crippen LogP contribution in [0.15, 0.2) is 78.2 Å². The van der Waals surface area contributed by atoms with Crippen LogP contribution in [0, 0.1) is 0 Å². The van der Waals surface area contributed by atoms with Crippen molar-refractivity contribution in [3.63, 3.8) is 0 Å². The Hall–Kier alpha value is -3.81. The lowest BCUT2D eigenvalue weighted by molar-refractivity contribution is -0.137.